The molecule has 1 unspecified atom stereocenters. The van der Waals surface area contributed by atoms with Gasteiger partial charge in [-0.2, -0.15) is 0 Å². The predicted octanol–water partition coefficient (Wildman–Crippen LogP) is 1.61. The highest BCUT2D eigenvalue weighted by molar-refractivity contribution is 7.91. The van der Waals surface area contributed by atoms with Crippen molar-refractivity contribution in [2.75, 3.05) is 5.75 Å². The van der Waals surface area contributed by atoms with Crippen molar-refractivity contribution in [2.24, 2.45) is 0 Å². The van der Waals surface area contributed by atoms with Crippen molar-refractivity contribution < 1.29 is 4.55 Å². The Morgan fingerprint density at radius 1 is 1.50 bits per heavy atom. The molecule has 0 aliphatic rings. The Bertz CT molecular complexity index is 186. The fourth-order valence-corrected chi connectivity index (χ4v) is 1.46. The van der Waals surface area contributed by atoms with Crippen LogP contribution < -0.4 is 0 Å². The van der Waals surface area contributed by atoms with Gasteiger partial charge in [-0.3, -0.25) is 0 Å². The second-order valence-corrected chi connectivity index (χ2v) is 3.61. The number of hydrogen-bond donors (Lipinski definition) is 0. The molecule has 0 heterocycles. The van der Waals surface area contributed by atoms with Gasteiger partial charge in [-0.05, 0) is 48.4 Å². The molecule has 2 heteroatoms. The van der Waals surface area contributed by atoms with Crippen LogP contribution in [0, 0.1) is 6.07 Å². The van der Waals surface area contributed by atoms with Crippen LogP contribution in [-0.4, -0.2) is 10.3 Å². The molecule has 0 aliphatic carbocycles. The van der Waals surface area contributed by atoms with Gasteiger partial charge in [0.05, 0.1) is 0 Å². The Hall–Kier alpha value is -0.470. The van der Waals surface area contributed by atoms with E-state index in [0.717, 1.165) is 4.90 Å². The van der Waals surface area contributed by atoms with Gasteiger partial charge in [-0.15, -0.1) is 0 Å². The summed E-state index contributed by atoms with van der Waals surface area (Å²) in [5.41, 5.74) is 0. The molecule has 1 aromatic carbocycles. The summed E-state index contributed by atoms with van der Waals surface area (Å²) < 4.78 is 11.1. The van der Waals surface area contributed by atoms with E-state index in [1.807, 2.05) is 19.1 Å². The summed E-state index contributed by atoms with van der Waals surface area (Å²) in [4.78, 5) is 0.890. The second kappa shape index (κ2) is 3.64. The minimum absolute atomic E-state index is 0.685. The maximum absolute atomic E-state index is 11.1. The molecule has 1 nitrogen and oxygen atoms in total. The topological polar surface area (TPSA) is 23.1 Å². The molecule has 0 fully saturated rings. The van der Waals surface area contributed by atoms with Gasteiger partial charge in [0.15, 0.2) is 4.90 Å². The molecule has 1 aromatic rings. The lowest BCUT2D eigenvalue weighted by Gasteiger charge is -2.05. The normalized spacial score (nSPS) is 13.0. The lowest BCUT2D eigenvalue weighted by molar-refractivity contribution is 0.596. The Morgan fingerprint density at radius 3 is 2.60 bits per heavy atom. The third-order valence-electron chi connectivity index (χ3n) is 1.21. The van der Waals surface area contributed by atoms with Crippen LogP contribution in [0.15, 0.2) is 29.2 Å². The molecule has 0 aromatic heterocycles. The van der Waals surface area contributed by atoms with Crippen molar-refractivity contribution in [3.63, 3.8) is 0 Å². The number of hydrogen-bond acceptors (Lipinski definition) is 1. The van der Waals surface area contributed by atoms with Crippen LogP contribution in [0.3, 0.4) is 0 Å². The minimum Gasteiger partial charge on any atom is -0.611 e. The SMILES string of the molecule is CC[S+]([O-])c1cc[c]cc1. The van der Waals surface area contributed by atoms with Crippen LogP contribution in [0.1, 0.15) is 6.92 Å². The molecule has 1 radical (unpaired) electrons. The van der Waals surface area contributed by atoms with Crippen LogP contribution >= 0.6 is 0 Å². The third-order valence-corrected chi connectivity index (χ3v) is 2.54. The van der Waals surface area contributed by atoms with Crippen LogP contribution in [0.25, 0.3) is 0 Å². The van der Waals surface area contributed by atoms with Crippen LogP contribution in [0.5, 0.6) is 0 Å². The van der Waals surface area contributed by atoms with Gasteiger partial charge in [-0.1, -0.05) is 0 Å². The molecular weight excluding hydrogens is 144 g/mol. The first kappa shape index (κ1) is 7.63. The summed E-state index contributed by atoms with van der Waals surface area (Å²) in [6.07, 6.45) is 0. The van der Waals surface area contributed by atoms with Crippen LogP contribution in [0.4, 0.5) is 0 Å². The minimum atomic E-state index is -0.810. The van der Waals surface area contributed by atoms with E-state index in [1.54, 1.807) is 12.1 Å². The molecule has 53 valence electrons. The van der Waals surface area contributed by atoms with Gasteiger partial charge < -0.3 is 4.55 Å². The van der Waals surface area contributed by atoms with E-state index >= 15 is 0 Å². The maximum Gasteiger partial charge on any atom is 0.152 e. The van der Waals surface area contributed by atoms with Crippen LogP contribution in [0.2, 0.25) is 0 Å². The van der Waals surface area contributed by atoms with Crippen LogP contribution in [-0.2, 0) is 11.2 Å². The summed E-state index contributed by atoms with van der Waals surface area (Å²) >= 11 is -0.810. The largest absolute Gasteiger partial charge is 0.611 e. The number of benzene rings is 1. The zero-order valence-corrected chi connectivity index (χ0v) is 6.65. The molecule has 0 bridgehead atoms. The van der Waals surface area contributed by atoms with Gasteiger partial charge in [0.25, 0.3) is 0 Å². The quantitative estimate of drug-likeness (QED) is 0.592. The molecular formula is C8H9OS. The fraction of sp³-hybridized carbons (Fsp3) is 0.250. The summed E-state index contributed by atoms with van der Waals surface area (Å²) in [6.45, 7) is 1.91. The third kappa shape index (κ3) is 1.75. The molecule has 0 aliphatic heterocycles. The van der Waals surface area contributed by atoms with Gasteiger partial charge >= 0.3 is 0 Å². The van der Waals surface area contributed by atoms with Gasteiger partial charge in [0.2, 0.25) is 0 Å². The number of rotatable bonds is 2. The van der Waals surface area contributed by atoms with Gasteiger partial charge in [0, 0.05) is 0 Å². The van der Waals surface area contributed by atoms with Crippen molar-refractivity contribution in [3.05, 3.63) is 30.3 Å². The summed E-state index contributed by atoms with van der Waals surface area (Å²) in [7, 11) is 0. The first-order valence-electron chi connectivity index (χ1n) is 3.19. The van der Waals surface area contributed by atoms with E-state index in [0.29, 0.717) is 5.75 Å². The van der Waals surface area contributed by atoms with Crippen molar-refractivity contribution in [1.82, 2.24) is 0 Å². The maximum atomic E-state index is 11.1. The van der Waals surface area contributed by atoms with Gasteiger partial charge in [0.1, 0.15) is 5.75 Å². The Labute approximate surface area is 64.3 Å². The van der Waals surface area contributed by atoms with E-state index in [4.69, 9.17) is 0 Å². The predicted molar refractivity (Wildman–Crippen MR) is 42.2 cm³/mol. The highest BCUT2D eigenvalue weighted by atomic mass is 32.2. The Morgan fingerprint density at radius 2 is 2.10 bits per heavy atom. The summed E-state index contributed by atoms with van der Waals surface area (Å²) in [5.74, 6) is 0.685. The van der Waals surface area contributed by atoms with E-state index in [9.17, 15) is 4.55 Å². The standard InChI is InChI=1S/C8H9OS/c1-2-10(9)8-6-4-3-5-7-8/h4-7H,2H2,1H3. The zero-order chi connectivity index (χ0) is 7.40. The summed E-state index contributed by atoms with van der Waals surface area (Å²) in [5, 5.41) is 0. The fourth-order valence-electron chi connectivity index (χ4n) is 0.690. The molecule has 0 amide bonds. The van der Waals surface area contributed by atoms with E-state index in [2.05, 4.69) is 6.07 Å². The molecule has 0 spiro atoms. The lowest BCUT2D eigenvalue weighted by Crippen LogP contribution is -2.02. The van der Waals surface area contributed by atoms with E-state index in [-0.39, 0.29) is 0 Å². The monoisotopic (exact) mass is 153 g/mol. The Balaban J connectivity index is 2.75. The Kier molecular flexibility index (Phi) is 2.78. The molecule has 0 saturated carbocycles. The first-order valence-corrected chi connectivity index (χ1v) is 4.51. The average molecular weight is 153 g/mol. The molecule has 0 N–H and O–H groups in total. The van der Waals surface area contributed by atoms with Crippen molar-refractivity contribution in [3.8, 4) is 0 Å². The van der Waals surface area contributed by atoms with Crippen molar-refractivity contribution in [1.29, 1.82) is 0 Å². The summed E-state index contributed by atoms with van der Waals surface area (Å²) in [6, 6.07) is 10.1. The lowest BCUT2D eigenvalue weighted by atomic mass is 10.4. The zero-order valence-electron chi connectivity index (χ0n) is 5.83. The smallest absolute Gasteiger partial charge is 0.152 e. The van der Waals surface area contributed by atoms with E-state index < -0.39 is 11.2 Å². The molecule has 1 atom stereocenters. The van der Waals surface area contributed by atoms with E-state index in [1.165, 1.54) is 0 Å². The average Bonchev–Trinajstić information content (AvgIpc) is 2.05. The molecule has 0 saturated heterocycles. The molecule has 1 rings (SSSR count). The highest BCUT2D eigenvalue weighted by Gasteiger charge is 2.04. The molecule has 10 heavy (non-hydrogen) atoms. The first-order chi connectivity index (χ1) is 4.84. The van der Waals surface area contributed by atoms with Crippen molar-refractivity contribution >= 4 is 11.2 Å². The van der Waals surface area contributed by atoms with Crippen molar-refractivity contribution in [2.45, 2.75) is 11.8 Å². The second-order valence-electron chi connectivity index (χ2n) is 1.87. The van der Waals surface area contributed by atoms with Gasteiger partial charge in [-0.25, -0.2) is 0 Å². The highest BCUT2D eigenvalue weighted by Crippen LogP contribution is 2.08.